The first-order chi connectivity index (χ1) is 26.1. The lowest BCUT2D eigenvalue weighted by atomic mass is 9.98. The molecule has 0 aliphatic rings. The average molecular weight is 677 g/mol. The maximum absolute atomic E-state index is 3.93. The van der Waals surface area contributed by atoms with E-state index in [4.69, 9.17) is 0 Å². The summed E-state index contributed by atoms with van der Waals surface area (Å²) in [5.41, 5.74) is 16.7. The normalized spacial score (nSPS) is 11.6. The first-order valence-electron chi connectivity index (χ1n) is 18.2. The standard InChI is InChI=1S/C51H36N2/c1-3-35-16-20-37(21-17-35)39-23-27-49-45(31-39)47-33-41(25-29-51(47)53(49)43-12-8-5-9-13-43)40-24-28-50-46(32-40)44-30-38(36-18-14-34(2)15-19-36)22-26-48(44)52(50)42-10-6-4-7-11-42/h3-33H,1H2,2H3. The van der Waals surface area contributed by atoms with Gasteiger partial charge >= 0.3 is 0 Å². The molecule has 10 aromatic rings. The second-order valence-electron chi connectivity index (χ2n) is 14.0. The maximum Gasteiger partial charge on any atom is 0.0541 e. The smallest absolute Gasteiger partial charge is 0.0541 e. The fourth-order valence-electron chi connectivity index (χ4n) is 8.03. The van der Waals surface area contributed by atoms with E-state index in [9.17, 15) is 0 Å². The predicted octanol–water partition coefficient (Wildman–Crippen LogP) is 13.8. The van der Waals surface area contributed by atoms with E-state index in [1.165, 1.54) is 82.6 Å². The van der Waals surface area contributed by atoms with Crippen molar-refractivity contribution < 1.29 is 0 Å². The molecule has 0 amide bonds. The molecule has 0 bridgehead atoms. The largest absolute Gasteiger partial charge is 0.309 e. The second-order valence-corrected chi connectivity index (χ2v) is 14.0. The number of para-hydroxylation sites is 2. The van der Waals surface area contributed by atoms with Crippen LogP contribution in [0.1, 0.15) is 11.1 Å². The molecular weight excluding hydrogens is 641 g/mol. The molecule has 0 saturated carbocycles. The number of aryl methyl sites for hydroxylation is 1. The maximum atomic E-state index is 3.93. The fourth-order valence-corrected chi connectivity index (χ4v) is 8.03. The van der Waals surface area contributed by atoms with Crippen LogP contribution in [0.5, 0.6) is 0 Å². The lowest BCUT2D eigenvalue weighted by Gasteiger charge is -2.09. The molecule has 0 radical (unpaired) electrons. The molecule has 0 unspecified atom stereocenters. The van der Waals surface area contributed by atoms with E-state index in [1.807, 2.05) is 6.08 Å². The van der Waals surface area contributed by atoms with Gasteiger partial charge in [0.25, 0.3) is 0 Å². The van der Waals surface area contributed by atoms with Crippen molar-refractivity contribution in [3.05, 3.63) is 200 Å². The van der Waals surface area contributed by atoms with Crippen LogP contribution in [0.25, 0.3) is 94.4 Å². The van der Waals surface area contributed by atoms with Gasteiger partial charge in [-0.05, 0) is 119 Å². The molecule has 2 aromatic heterocycles. The number of nitrogens with zero attached hydrogens (tertiary/aromatic N) is 2. The summed E-state index contributed by atoms with van der Waals surface area (Å²) >= 11 is 0. The number of fused-ring (bicyclic) bond motifs is 6. The Balaban J connectivity index is 1.19. The van der Waals surface area contributed by atoms with Gasteiger partial charge in [-0.2, -0.15) is 0 Å². The van der Waals surface area contributed by atoms with Crippen LogP contribution in [0.2, 0.25) is 0 Å². The van der Waals surface area contributed by atoms with Crippen LogP contribution >= 0.6 is 0 Å². The van der Waals surface area contributed by atoms with E-state index >= 15 is 0 Å². The van der Waals surface area contributed by atoms with E-state index in [-0.39, 0.29) is 0 Å². The molecule has 0 saturated heterocycles. The van der Waals surface area contributed by atoms with Crippen LogP contribution in [0.4, 0.5) is 0 Å². The summed E-state index contributed by atoms with van der Waals surface area (Å²) in [5.74, 6) is 0. The van der Waals surface area contributed by atoms with Gasteiger partial charge in [-0.15, -0.1) is 0 Å². The zero-order valence-electron chi connectivity index (χ0n) is 29.5. The van der Waals surface area contributed by atoms with Gasteiger partial charge in [0.1, 0.15) is 0 Å². The minimum absolute atomic E-state index is 1.12. The fraction of sp³-hybridized carbons (Fsp3) is 0.0196. The van der Waals surface area contributed by atoms with Crippen LogP contribution in [-0.2, 0) is 0 Å². The van der Waals surface area contributed by atoms with E-state index in [2.05, 4.69) is 205 Å². The first kappa shape index (κ1) is 30.9. The van der Waals surface area contributed by atoms with Gasteiger partial charge in [0.15, 0.2) is 0 Å². The van der Waals surface area contributed by atoms with Gasteiger partial charge in [0.2, 0.25) is 0 Å². The zero-order valence-corrected chi connectivity index (χ0v) is 29.5. The van der Waals surface area contributed by atoms with Gasteiger partial charge < -0.3 is 9.13 Å². The minimum atomic E-state index is 1.12. The van der Waals surface area contributed by atoms with Gasteiger partial charge in [0, 0.05) is 32.9 Å². The summed E-state index contributed by atoms with van der Waals surface area (Å²) in [6.07, 6.45) is 1.89. The highest BCUT2D eigenvalue weighted by Gasteiger charge is 2.17. The summed E-state index contributed by atoms with van der Waals surface area (Å²) in [6.45, 7) is 6.07. The Bertz CT molecular complexity index is 2980. The van der Waals surface area contributed by atoms with Crippen molar-refractivity contribution in [2.24, 2.45) is 0 Å². The lowest BCUT2D eigenvalue weighted by Crippen LogP contribution is -1.93. The van der Waals surface area contributed by atoms with E-state index in [1.54, 1.807) is 0 Å². The van der Waals surface area contributed by atoms with Crippen molar-refractivity contribution in [3.8, 4) is 44.8 Å². The van der Waals surface area contributed by atoms with Crippen LogP contribution in [-0.4, -0.2) is 9.13 Å². The number of benzene rings is 8. The van der Waals surface area contributed by atoms with Crippen molar-refractivity contribution in [3.63, 3.8) is 0 Å². The molecule has 8 aromatic carbocycles. The van der Waals surface area contributed by atoms with Crippen molar-refractivity contribution in [1.82, 2.24) is 9.13 Å². The van der Waals surface area contributed by atoms with Gasteiger partial charge in [-0.3, -0.25) is 0 Å². The lowest BCUT2D eigenvalue weighted by molar-refractivity contribution is 1.18. The van der Waals surface area contributed by atoms with Crippen LogP contribution in [0.3, 0.4) is 0 Å². The number of aromatic nitrogens is 2. The van der Waals surface area contributed by atoms with Crippen molar-refractivity contribution in [2.75, 3.05) is 0 Å². The molecule has 0 fully saturated rings. The quantitative estimate of drug-likeness (QED) is 0.166. The Morgan fingerprint density at radius 1 is 0.358 bits per heavy atom. The Morgan fingerprint density at radius 3 is 1.04 bits per heavy atom. The second kappa shape index (κ2) is 12.4. The molecule has 0 atom stereocenters. The highest BCUT2D eigenvalue weighted by molar-refractivity contribution is 6.14. The van der Waals surface area contributed by atoms with E-state index in [0.29, 0.717) is 0 Å². The van der Waals surface area contributed by atoms with Crippen LogP contribution in [0, 0.1) is 6.92 Å². The molecule has 10 rings (SSSR count). The van der Waals surface area contributed by atoms with Crippen molar-refractivity contribution in [1.29, 1.82) is 0 Å². The van der Waals surface area contributed by atoms with Crippen LogP contribution in [0.15, 0.2) is 189 Å². The van der Waals surface area contributed by atoms with Crippen molar-refractivity contribution in [2.45, 2.75) is 6.92 Å². The number of hydrogen-bond donors (Lipinski definition) is 0. The van der Waals surface area contributed by atoms with E-state index in [0.717, 1.165) is 16.9 Å². The molecule has 0 N–H and O–H groups in total. The summed E-state index contributed by atoms with van der Waals surface area (Å²) in [6, 6.07) is 66.6. The minimum Gasteiger partial charge on any atom is -0.309 e. The monoisotopic (exact) mass is 676 g/mol. The molecule has 2 heterocycles. The number of rotatable bonds is 6. The highest BCUT2D eigenvalue weighted by Crippen LogP contribution is 2.40. The van der Waals surface area contributed by atoms with E-state index < -0.39 is 0 Å². The molecule has 53 heavy (non-hydrogen) atoms. The summed E-state index contributed by atoms with van der Waals surface area (Å²) in [5, 5.41) is 4.96. The highest BCUT2D eigenvalue weighted by atomic mass is 15.0. The average Bonchev–Trinajstić information content (AvgIpc) is 3.73. The molecule has 2 nitrogen and oxygen atoms in total. The summed E-state index contributed by atoms with van der Waals surface area (Å²) in [4.78, 5) is 0. The molecular formula is C51H36N2. The van der Waals surface area contributed by atoms with Gasteiger partial charge in [-0.1, -0.05) is 127 Å². The van der Waals surface area contributed by atoms with Crippen LogP contribution < -0.4 is 0 Å². The summed E-state index contributed by atoms with van der Waals surface area (Å²) in [7, 11) is 0. The predicted molar refractivity (Wildman–Crippen MR) is 226 cm³/mol. The van der Waals surface area contributed by atoms with Gasteiger partial charge in [-0.25, -0.2) is 0 Å². The number of hydrogen-bond acceptors (Lipinski definition) is 0. The Morgan fingerprint density at radius 2 is 0.679 bits per heavy atom. The molecule has 0 spiro atoms. The third kappa shape index (κ3) is 5.19. The Hall–Kier alpha value is -6.90. The first-order valence-corrected chi connectivity index (χ1v) is 18.2. The molecule has 0 aliphatic heterocycles. The third-order valence-corrected chi connectivity index (χ3v) is 10.8. The summed E-state index contributed by atoms with van der Waals surface area (Å²) < 4.78 is 4.79. The van der Waals surface area contributed by atoms with Crippen molar-refractivity contribution >= 4 is 49.7 Å². The molecule has 2 heteroatoms. The third-order valence-electron chi connectivity index (χ3n) is 10.8. The Kier molecular flexibility index (Phi) is 7.23. The molecule has 0 aliphatic carbocycles. The van der Waals surface area contributed by atoms with Gasteiger partial charge in [0.05, 0.1) is 22.1 Å². The zero-order chi connectivity index (χ0) is 35.5. The molecule has 250 valence electrons. The Labute approximate surface area is 309 Å². The topological polar surface area (TPSA) is 9.86 Å². The SMILES string of the molecule is C=Cc1ccc(-c2ccc3c(c2)c2cc(-c4ccc5c(c4)c4cc(-c6ccc(C)cc6)ccc4n5-c4ccccc4)ccc2n3-c2ccccc2)cc1.